The zero-order valence-electron chi connectivity index (χ0n) is 12.3. The predicted molar refractivity (Wildman–Crippen MR) is 81.0 cm³/mol. The fourth-order valence-electron chi connectivity index (χ4n) is 1.91. The molecule has 0 unspecified atom stereocenters. The van der Waals surface area contributed by atoms with Gasteiger partial charge >= 0.3 is 0 Å². The van der Waals surface area contributed by atoms with Crippen LogP contribution < -0.4 is 10.1 Å². The van der Waals surface area contributed by atoms with Crippen molar-refractivity contribution in [1.82, 2.24) is 5.32 Å². The van der Waals surface area contributed by atoms with Gasteiger partial charge in [0, 0.05) is 6.54 Å². The number of hydrogen-bond donors (Lipinski definition) is 2. The van der Waals surface area contributed by atoms with E-state index >= 15 is 0 Å². The maximum Gasteiger partial charge on any atom is 0.224 e. The van der Waals surface area contributed by atoms with Crippen molar-refractivity contribution in [3.8, 4) is 5.75 Å². The molecule has 2 aromatic rings. The van der Waals surface area contributed by atoms with Gasteiger partial charge in [-0.05, 0) is 42.0 Å². The fourth-order valence-corrected chi connectivity index (χ4v) is 1.91. The third-order valence-corrected chi connectivity index (χ3v) is 3.04. The highest BCUT2D eigenvalue weighted by atomic mass is 19.1. The summed E-state index contributed by atoms with van der Waals surface area (Å²) < 4.78 is 31.0. The van der Waals surface area contributed by atoms with Gasteiger partial charge in [-0.25, -0.2) is 8.78 Å². The van der Waals surface area contributed by atoms with Gasteiger partial charge in [0.25, 0.3) is 0 Å². The Morgan fingerprint density at radius 3 is 2.57 bits per heavy atom. The third kappa shape index (κ3) is 6.04. The number of halogens is 2. The number of carbonyl (C=O) groups excluding carboxylic acids is 1. The highest BCUT2D eigenvalue weighted by molar-refractivity contribution is 5.78. The van der Waals surface area contributed by atoms with E-state index in [1.54, 1.807) is 6.07 Å². The lowest BCUT2D eigenvalue weighted by Crippen LogP contribution is -2.36. The van der Waals surface area contributed by atoms with Gasteiger partial charge in [-0.3, -0.25) is 4.79 Å². The molecule has 0 heterocycles. The zero-order valence-corrected chi connectivity index (χ0v) is 12.3. The molecule has 4 nitrogen and oxygen atoms in total. The fraction of sp³-hybridized carbons (Fsp3) is 0.235. The number of hydrogen-bond acceptors (Lipinski definition) is 3. The lowest BCUT2D eigenvalue weighted by Gasteiger charge is -2.13. The van der Waals surface area contributed by atoms with Crippen LogP contribution >= 0.6 is 0 Å². The number of aliphatic hydroxyl groups is 1. The molecule has 0 aliphatic rings. The Morgan fingerprint density at radius 1 is 1.13 bits per heavy atom. The first kappa shape index (κ1) is 16.9. The average Bonchev–Trinajstić information content (AvgIpc) is 2.52. The molecule has 2 rings (SSSR count). The lowest BCUT2D eigenvalue weighted by atomic mass is 10.1. The van der Waals surface area contributed by atoms with E-state index in [1.807, 2.05) is 0 Å². The molecule has 0 aliphatic heterocycles. The Balaban J connectivity index is 1.70. The van der Waals surface area contributed by atoms with Gasteiger partial charge in [0.2, 0.25) is 5.91 Å². The molecule has 0 aromatic heterocycles. The summed E-state index contributed by atoms with van der Waals surface area (Å²) in [6, 6.07) is 11.2. The second-order valence-electron chi connectivity index (χ2n) is 5.03. The molecule has 122 valence electrons. The molecule has 0 spiro atoms. The number of carbonyl (C=O) groups is 1. The quantitative estimate of drug-likeness (QED) is 0.821. The Labute approximate surface area is 132 Å². The molecule has 6 heteroatoms. The van der Waals surface area contributed by atoms with Crippen LogP contribution in [-0.4, -0.2) is 30.3 Å². The van der Waals surface area contributed by atoms with Crippen LogP contribution in [0.15, 0.2) is 48.5 Å². The molecular weight excluding hydrogens is 304 g/mol. The van der Waals surface area contributed by atoms with E-state index in [-0.39, 0.29) is 31.3 Å². The monoisotopic (exact) mass is 321 g/mol. The van der Waals surface area contributed by atoms with E-state index in [0.717, 1.165) is 0 Å². The molecular formula is C17H17F2NO3. The summed E-state index contributed by atoms with van der Waals surface area (Å²) in [7, 11) is 0. The van der Waals surface area contributed by atoms with Gasteiger partial charge in [-0.2, -0.15) is 0 Å². The van der Waals surface area contributed by atoms with E-state index in [9.17, 15) is 18.7 Å². The molecule has 0 aliphatic carbocycles. The van der Waals surface area contributed by atoms with E-state index in [0.29, 0.717) is 11.3 Å². The topological polar surface area (TPSA) is 58.6 Å². The van der Waals surface area contributed by atoms with Crippen molar-refractivity contribution < 1.29 is 23.4 Å². The molecule has 0 fully saturated rings. The summed E-state index contributed by atoms with van der Waals surface area (Å²) in [5, 5.41) is 12.3. The summed E-state index contributed by atoms with van der Waals surface area (Å²) in [5.41, 5.74) is 0.555. The van der Waals surface area contributed by atoms with Gasteiger partial charge in [0.05, 0.1) is 6.42 Å². The second kappa shape index (κ2) is 8.24. The molecule has 0 saturated heterocycles. The smallest absolute Gasteiger partial charge is 0.224 e. The van der Waals surface area contributed by atoms with Crippen molar-refractivity contribution in [2.24, 2.45) is 0 Å². The van der Waals surface area contributed by atoms with Crippen LogP contribution in [0.2, 0.25) is 0 Å². The summed E-state index contributed by atoms with van der Waals surface area (Å²) in [6.45, 7) is -0.0266. The number of benzene rings is 2. The van der Waals surface area contributed by atoms with Crippen molar-refractivity contribution in [3.05, 3.63) is 65.7 Å². The first-order chi connectivity index (χ1) is 11.0. The largest absolute Gasteiger partial charge is 0.491 e. The van der Waals surface area contributed by atoms with E-state index in [4.69, 9.17) is 4.74 Å². The highest BCUT2D eigenvalue weighted by Gasteiger charge is 2.09. The summed E-state index contributed by atoms with van der Waals surface area (Å²) in [6.07, 6.45) is -0.875. The minimum absolute atomic E-state index is 0.00927. The molecule has 23 heavy (non-hydrogen) atoms. The minimum atomic E-state index is -0.906. The third-order valence-electron chi connectivity index (χ3n) is 3.04. The van der Waals surface area contributed by atoms with Crippen molar-refractivity contribution in [1.29, 1.82) is 0 Å². The van der Waals surface area contributed by atoms with Crippen molar-refractivity contribution in [2.45, 2.75) is 12.5 Å². The van der Waals surface area contributed by atoms with Gasteiger partial charge < -0.3 is 15.2 Å². The molecule has 0 radical (unpaired) electrons. The molecule has 1 amide bonds. The lowest BCUT2D eigenvalue weighted by molar-refractivity contribution is -0.121. The van der Waals surface area contributed by atoms with E-state index < -0.39 is 11.9 Å². The number of rotatable bonds is 7. The normalized spacial score (nSPS) is 11.8. The maximum atomic E-state index is 13.0. The summed E-state index contributed by atoms with van der Waals surface area (Å²) >= 11 is 0. The predicted octanol–water partition coefficient (Wildman–Crippen LogP) is 2.06. The molecule has 2 N–H and O–H groups in total. The number of nitrogens with one attached hydrogen (secondary N) is 1. The van der Waals surface area contributed by atoms with Crippen LogP contribution in [-0.2, 0) is 11.2 Å². The summed E-state index contributed by atoms with van der Waals surface area (Å²) in [4.78, 5) is 11.7. The summed E-state index contributed by atoms with van der Waals surface area (Å²) in [5.74, 6) is -0.668. The van der Waals surface area contributed by atoms with Crippen molar-refractivity contribution in [3.63, 3.8) is 0 Å². The maximum absolute atomic E-state index is 13.0. The van der Waals surface area contributed by atoms with Crippen LogP contribution in [0.4, 0.5) is 8.78 Å². The second-order valence-corrected chi connectivity index (χ2v) is 5.03. The SMILES string of the molecule is O=C(Cc1cccc(F)c1)NC[C@H](O)COc1ccc(F)cc1. The Kier molecular flexibility index (Phi) is 6.05. The average molecular weight is 321 g/mol. The molecule has 0 saturated carbocycles. The van der Waals surface area contributed by atoms with Crippen molar-refractivity contribution in [2.75, 3.05) is 13.2 Å². The van der Waals surface area contributed by atoms with E-state index in [1.165, 1.54) is 42.5 Å². The zero-order chi connectivity index (χ0) is 16.7. The van der Waals surface area contributed by atoms with Crippen LogP contribution in [0.3, 0.4) is 0 Å². The van der Waals surface area contributed by atoms with Gasteiger partial charge in [0.15, 0.2) is 0 Å². The van der Waals surface area contributed by atoms with Gasteiger partial charge in [-0.15, -0.1) is 0 Å². The highest BCUT2D eigenvalue weighted by Crippen LogP contribution is 2.11. The first-order valence-corrected chi connectivity index (χ1v) is 7.10. The number of ether oxygens (including phenoxy) is 1. The molecule has 1 atom stereocenters. The number of aliphatic hydroxyl groups excluding tert-OH is 1. The van der Waals surface area contributed by atoms with E-state index in [2.05, 4.69) is 5.32 Å². The molecule has 0 bridgehead atoms. The number of amides is 1. The minimum Gasteiger partial charge on any atom is -0.491 e. The van der Waals surface area contributed by atoms with Crippen LogP contribution in [0.1, 0.15) is 5.56 Å². The Hall–Kier alpha value is -2.47. The Morgan fingerprint density at radius 2 is 1.87 bits per heavy atom. The van der Waals surface area contributed by atoms with Gasteiger partial charge in [-0.1, -0.05) is 12.1 Å². The Bertz CT molecular complexity index is 647. The van der Waals surface area contributed by atoms with Crippen LogP contribution in [0.5, 0.6) is 5.75 Å². The first-order valence-electron chi connectivity index (χ1n) is 7.10. The van der Waals surface area contributed by atoms with Crippen LogP contribution in [0, 0.1) is 11.6 Å². The van der Waals surface area contributed by atoms with Crippen LogP contribution in [0.25, 0.3) is 0 Å². The van der Waals surface area contributed by atoms with Gasteiger partial charge in [0.1, 0.15) is 30.1 Å². The standard InChI is InChI=1S/C17H17F2NO3/c18-13-4-6-16(7-5-13)23-11-15(21)10-20-17(22)9-12-2-1-3-14(19)8-12/h1-8,15,21H,9-11H2,(H,20,22)/t15-/m0/s1. The molecule has 2 aromatic carbocycles. The van der Waals surface area contributed by atoms with Crippen molar-refractivity contribution >= 4 is 5.91 Å².